The first kappa shape index (κ1) is 16.9. The van der Waals surface area contributed by atoms with Gasteiger partial charge in [-0.1, -0.05) is 34.1 Å². The third kappa shape index (κ3) is 3.92. The van der Waals surface area contributed by atoms with E-state index >= 15 is 0 Å². The fourth-order valence-electron chi connectivity index (χ4n) is 2.05. The van der Waals surface area contributed by atoms with E-state index in [1.807, 2.05) is 41.8 Å². The van der Waals surface area contributed by atoms with Gasteiger partial charge in [0.05, 0.1) is 25.6 Å². The van der Waals surface area contributed by atoms with Gasteiger partial charge in [-0.05, 0) is 18.2 Å². The summed E-state index contributed by atoms with van der Waals surface area (Å²) < 4.78 is 13.4. The molecule has 3 aromatic rings. The number of hydrogen-bond donors (Lipinski definition) is 0. The normalized spacial score (nSPS) is 12.3. The van der Waals surface area contributed by atoms with Gasteiger partial charge in [0.25, 0.3) is 0 Å². The predicted octanol–water partition coefficient (Wildman–Crippen LogP) is 4.00. The predicted molar refractivity (Wildman–Crippen MR) is 99.5 cm³/mol. The quantitative estimate of drug-likeness (QED) is 0.459. The highest BCUT2D eigenvalue weighted by Crippen LogP contribution is 2.21. The van der Waals surface area contributed by atoms with Crippen LogP contribution < -0.4 is 4.80 Å². The molecule has 0 saturated heterocycles. The van der Waals surface area contributed by atoms with Gasteiger partial charge in [0.1, 0.15) is 5.69 Å². The molecule has 0 radical (unpaired) electrons. The van der Waals surface area contributed by atoms with Crippen molar-refractivity contribution in [1.29, 1.82) is 0 Å². The summed E-state index contributed by atoms with van der Waals surface area (Å²) in [6.07, 6.45) is 3.45. The minimum atomic E-state index is 0.571. The minimum Gasteiger partial charge on any atom is -0.463 e. The van der Waals surface area contributed by atoms with Crippen molar-refractivity contribution >= 4 is 33.5 Å². The van der Waals surface area contributed by atoms with Gasteiger partial charge >= 0.3 is 0 Å². The van der Waals surface area contributed by atoms with Crippen LogP contribution in [0.1, 0.15) is 5.56 Å². The second-order valence-corrected chi connectivity index (χ2v) is 6.52. The van der Waals surface area contributed by atoms with Crippen LogP contribution in [0.25, 0.3) is 11.5 Å². The molecule has 0 aliphatic rings. The Morgan fingerprint density at radius 2 is 2.17 bits per heavy atom. The largest absolute Gasteiger partial charge is 0.463 e. The zero-order chi connectivity index (χ0) is 16.8. The standard InChI is InChI=1S/C17H16BrN3O2S/c1-22-10-8-19-17-21(15(12-24-17)16-7-4-9-23-16)20-11-13-5-2-3-6-14(13)18/h2-7,9,11-12H,8,10H2,1H3/b19-17?,20-11+. The van der Waals surface area contributed by atoms with E-state index in [0.29, 0.717) is 13.2 Å². The molecule has 2 heterocycles. The van der Waals surface area contributed by atoms with Crippen LogP contribution in [0, 0.1) is 0 Å². The summed E-state index contributed by atoms with van der Waals surface area (Å²) in [6.45, 7) is 1.15. The van der Waals surface area contributed by atoms with Crippen LogP contribution in [-0.4, -0.2) is 31.2 Å². The Morgan fingerprint density at radius 3 is 2.92 bits per heavy atom. The minimum absolute atomic E-state index is 0.571. The number of ether oxygens (including phenoxy) is 1. The third-order valence-electron chi connectivity index (χ3n) is 3.22. The Morgan fingerprint density at radius 1 is 1.29 bits per heavy atom. The molecule has 0 saturated carbocycles. The lowest BCUT2D eigenvalue weighted by Gasteiger charge is -2.01. The van der Waals surface area contributed by atoms with Crippen LogP contribution in [-0.2, 0) is 4.74 Å². The first-order valence-electron chi connectivity index (χ1n) is 7.32. The molecule has 0 spiro atoms. The molecule has 0 fully saturated rings. The highest BCUT2D eigenvalue weighted by molar-refractivity contribution is 9.10. The van der Waals surface area contributed by atoms with Gasteiger partial charge in [-0.2, -0.15) is 5.10 Å². The number of thiazole rings is 1. The van der Waals surface area contributed by atoms with Gasteiger partial charge < -0.3 is 9.15 Å². The van der Waals surface area contributed by atoms with Gasteiger partial charge in [-0.15, -0.1) is 11.3 Å². The van der Waals surface area contributed by atoms with Crippen molar-refractivity contribution in [2.24, 2.45) is 10.1 Å². The van der Waals surface area contributed by atoms with Crippen molar-refractivity contribution < 1.29 is 9.15 Å². The Kier molecular flexibility index (Phi) is 5.79. The maximum atomic E-state index is 5.51. The zero-order valence-corrected chi connectivity index (χ0v) is 15.5. The number of methoxy groups -OCH3 is 1. The van der Waals surface area contributed by atoms with Crippen LogP contribution >= 0.6 is 27.3 Å². The Bertz CT molecular complexity index is 881. The van der Waals surface area contributed by atoms with E-state index in [4.69, 9.17) is 9.15 Å². The molecule has 2 aromatic heterocycles. The van der Waals surface area contributed by atoms with E-state index in [1.165, 1.54) is 11.3 Å². The summed E-state index contributed by atoms with van der Waals surface area (Å²) in [4.78, 5) is 5.34. The average Bonchev–Trinajstić information content (AvgIpc) is 3.24. The van der Waals surface area contributed by atoms with Gasteiger partial charge in [0, 0.05) is 22.5 Å². The molecule has 1 aromatic carbocycles. The maximum absolute atomic E-state index is 5.51. The van der Waals surface area contributed by atoms with Crippen LogP contribution in [0.4, 0.5) is 0 Å². The first-order chi connectivity index (χ1) is 11.8. The molecule has 0 amide bonds. The van der Waals surface area contributed by atoms with E-state index in [9.17, 15) is 0 Å². The SMILES string of the molecule is COCCN=c1scc(-c2ccco2)n1/N=C/c1ccccc1Br. The van der Waals surface area contributed by atoms with Crippen LogP contribution in [0.5, 0.6) is 0 Å². The lowest BCUT2D eigenvalue weighted by molar-refractivity contribution is 0.207. The zero-order valence-electron chi connectivity index (χ0n) is 13.1. The summed E-state index contributed by atoms with van der Waals surface area (Å²) in [6, 6.07) is 11.7. The number of hydrogen-bond acceptors (Lipinski definition) is 5. The lowest BCUT2D eigenvalue weighted by Crippen LogP contribution is -2.13. The van der Waals surface area contributed by atoms with E-state index < -0.39 is 0 Å². The van der Waals surface area contributed by atoms with Crippen molar-refractivity contribution in [3.8, 4) is 11.5 Å². The number of rotatable bonds is 6. The molecule has 0 bridgehead atoms. The van der Waals surface area contributed by atoms with Gasteiger partial charge in [-0.3, -0.25) is 4.99 Å². The maximum Gasteiger partial charge on any atom is 0.206 e. The first-order valence-corrected chi connectivity index (χ1v) is 8.99. The lowest BCUT2D eigenvalue weighted by atomic mass is 10.2. The summed E-state index contributed by atoms with van der Waals surface area (Å²) in [5, 5.41) is 6.60. The van der Waals surface area contributed by atoms with Crippen molar-refractivity contribution in [3.63, 3.8) is 0 Å². The summed E-state index contributed by atoms with van der Waals surface area (Å²) in [5.41, 5.74) is 1.86. The Labute approximate surface area is 152 Å². The number of benzene rings is 1. The average molecular weight is 406 g/mol. The monoisotopic (exact) mass is 405 g/mol. The van der Waals surface area contributed by atoms with E-state index in [1.54, 1.807) is 24.3 Å². The molecule has 0 N–H and O–H groups in total. The van der Waals surface area contributed by atoms with E-state index in [2.05, 4.69) is 26.0 Å². The van der Waals surface area contributed by atoms with Crippen molar-refractivity contribution in [3.05, 3.63) is 62.9 Å². The van der Waals surface area contributed by atoms with Crippen molar-refractivity contribution in [2.75, 3.05) is 20.3 Å². The fraction of sp³-hybridized carbons (Fsp3) is 0.176. The number of furan rings is 1. The molecule has 0 atom stereocenters. The van der Waals surface area contributed by atoms with Crippen LogP contribution in [0.15, 0.2) is 67.0 Å². The van der Waals surface area contributed by atoms with E-state index in [-0.39, 0.29) is 0 Å². The third-order valence-corrected chi connectivity index (χ3v) is 4.80. The van der Waals surface area contributed by atoms with Crippen LogP contribution in [0.3, 0.4) is 0 Å². The van der Waals surface area contributed by atoms with Crippen molar-refractivity contribution in [2.45, 2.75) is 0 Å². The Hall–Kier alpha value is -1.96. The molecule has 124 valence electrons. The molecule has 5 nitrogen and oxygen atoms in total. The number of halogens is 1. The molecule has 7 heteroatoms. The summed E-state index contributed by atoms with van der Waals surface area (Å²) >= 11 is 5.05. The van der Waals surface area contributed by atoms with Gasteiger partial charge in [0.2, 0.25) is 4.80 Å². The Balaban J connectivity index is 2.01. The molecule has 3 rings (SSSR count). The number of aromatic nitrogens is 1. The van der Waals surface area contributed by atoms with Crippen molar-refractivity contribution in [1.82, 2.24) is 4.68 Å². The number of nitrogens with zero attached hydrogens (tertiary/aromatic N) is 3. The second kappa shape index (κ2) is 8.23. The second-order valence-electron chi connectivity index (χ2n) is 4.83. The molecule has 0 unspecified atom stereocenters. The highest BCUT2D eigenvalue weighted by atomic mass is 79.9. The van der Waals surface area contributed by atoms with Gasteiger partial charge in [-0.25, -0.2) is 4.68 Å². The van der Waals surface area contributed by atoms with Gasteiger partial charge in [0.15, 0.2) is 5.76 Å². The fourth-order valence-corrected chi connectivity index (χ4v) is 3.28. The molecular formula is C17H16BrN3O2S. The molecule has 24 heavy (non-hydrogen) atoms. The topological polar surface area (TPSA) is 52.0 Å². The highest BCUT2D eigenvalue weighted by Gasteiger charge is 2.09. The molecular weight excluding hydrogens is 390 g/mol. The van der Waals surface area contributed by atoms with Crippen LogP contribution in [0.2, 0.25) is 0 Å². The summed E-state index contributed by atoms with van der Waals surface area (Å²) in [7, 11) is 1.66. The molecule has 0 aliphatic heterocycles. The molecule has 0 aliphatic carbocycles. The van der Waals surface area contributed by atoms with E-state index in [0.717, 1.165) is 26.3 Å². The summed E-state index contributed by atoms with van der Waals surface area (Å²) in [5.74, 6) is 0.753. The smallest absolute Gasteiger partial charge is 0.206 e.